The summed E-state index contributed by atoms with van der Waals surface area (Å²) in [6.07, 6.45) is 2.58. The summed E-state index contributed by atoms with van der Waals surface area (Å²) >= 11 is 1.43. The summed E-state index contributed by atoms with van der Waals surface area (Å²) in [6, 6.07) is 0. The second-order valence-electron chi connectivity index (χ2n) is 7.93. The third kappa shape index (κ3) is 2.32. The lowest BCUT2D eigenvalue weighted by molar-refractivity contribution is 0.00256. The standard InChI is InChI=1S/C18H24N2O4S/c1-19(2)7-11-12-8-20(10-18(12)4-3-13(11)24-18)17(21)16-15-14(9-25-16)22-5-6-23-15/h9,11-13H,3-8,10H2,1-2H3/t11-,12+,13+,18+/m0/s1. The number of amides is 1. The second kappa shape index (κ2) is 5.59. The van der Waals surface area contributed by atoms with Gasteiger partial charge < -0.3 is 24.0 Å². The van der Waals surface area contributed by atoms with Gasteiger partial charge in [-0.2, -0.15) is 0 Å². The van der Waals surface area contributed by atoms with Crippen molar-refractivity contribution in [3.05, 3.63) is 10.3 Å². The molecule has 4 atom stereocenters. The highest BCUT2D eigenvalue weighted by Crippen LogP contribution is 2.55. The first-order valence-electron chi connectivity index (χ1n) is 9.06. The number of nitrogens with zero attached hydrogens (tertiary/aromatic N) is 2. The average molecular weight is 364 g/mol. The number of rotatable bonds is 3. The van der Waals surface area contributed by atoms with Gasteiger partial charge in [0.1, 0.15) is 18.1 Å². The van der Waals surface area contributed by atoms with E-state index in [-0.39, 0.29) is 11.5 Å². The number of ether oxygens (including phenoxy) is 3. The molecule has 1 amide bonds. The summed E-state index contributed by atoms with van der Waals surface area (Å²) in [7, 11) is 4.23. The molecule has 5 heterocycles. The molecule has 6 nitrogen and oxygen atoms in total. The highest BCUT2D eigenvalue weighted by Gasteiger charge is 2.63. The van der Waals surface area contributed by atoms with Gasteiger partial charge in [0.25, 0.3) is 5.91 Å². The highest BCUT2D eigenvalue weighted by molar-refractivity contribution is 7.12. The normalized spacial score (nSPS) is 35.5. The number of fused-ring (bicyclic) bond motifs is 2. The Morgan fingerprint density at radius 1 is 1.40 bits per heavy atom. The smallest absolute Gasteiger partial charge is 0.268 e. The van der Waals surface area contributed by atoms with Crippen LogP contribution in [0.4, 0.5) is 0 Å². The number of carbonyl (C=O) groups excluding carboxylic acids is 1. The number of hydrogen-bond donors (Lipinski definition) is 0. The maximum Gasteiger partial charge on any atom is 0.268 e. The van der Waals surface area contributed by atoms with Crippen LogP contribution in [0.25, 0.3) is 0 Å². The van der Waals surface area contributed by atoms with Crippen molar-refractivity contribution < 1.29 is 19.0 Å². The van der Waals surface area contributed by atoms with E-state index in [2.05, 4.69) is 19.0 Å². The van der Waals surface area contributed by atoms with Crippen LogP contribution < -0.4 is 9.47 Å². The van der Waals surface area contributed by atoms with Crippen molar-refractivity contribution in [3.8, 4) is 11.5 Å². The first-order valence-corrected chi connectivity index (χ1v) is 9.94. The minimum absolute atomic E-state index is 0.0659. The summed E-state index contributed by atoms with van der Waals surface area (Å²) in [5.74, 6) is 2.38. The first-order chi connectivity index (χ1) is 12.1. The van der Waals surface area contributed by atoms with Crippen LogP contribution in [0.3, 0.4) is 0 Å². The van der Waals surface area contributed by atoms with Crippen molar-refractivity contribution in [2.24, 2.45) is 11.8 Å². The van der Waals surface area contributed by atoms with Gasteiger partial charge in [-0.05, 0) is 26.9 Å². The fourth-order valence-electron chi connectivity index (χ4n) is 5.17. The van der Waals surface area contributed by atoms with E-state index in [9.17, 15) is 4.79 Å². The van der Waals surface area contributed by atoms with E-state index in [0.717, 1.165) is 25.9 Å². The summed E-state index contributed by atoms with van der Waals surface area (Å²) < 4.78 is 17.7. The average Bonchev–Trinajstić information content (AvgIpc) is 3.33. The van der Waals surface area contributed by atoms with Gasteiger partial charge in [0.05, 0.1) is 18.2 Å². The van der Waals surface area contributed by atoms with Crippen molar-refractivity contribution in [3.63, 3.8) is 0 Å². The van der Waals surface area contributed by atoms with Crippen molar-refractivity contribution >= 4 is 17.2 Å². The molecule has 2 bridgehead atoms. The second-order valence-corrected chi connectivity index (χ2v) is 8.81. The zero-order chi connectivity index (χ0) is 17.2. The van der Waals surface area contributed by atoms with Crippen molar-refractivity contribution in [2.75, 3.05) is 46.9 Å². The molecule has 1 spiro atoms. The van der Waals surface area contributed by atoms with E-state index in [4.69, 9.17) is 14.2 Å². The summed E-state index contributed by atoms with van der Waals surface area (Å²) in [5, 5.41) is 1.88. The molecule has 5 rings (SSSR count). The molecule has 0 radical (unpaired) electrons. The molecular weight excluding hydrogens is 340 g/mol. The van der Waals surface area contributed by atoms with E-state index in [1.165, 1.54) is 11.3 Å². The van der Waals surface area contributed by atoms with Crippen LogP contribution in [-0.2, 0) is 4.74 Å². The molecule has 1 aromatic heterocycles. The van der Waals surface area contributed by atoms with Crippen LogP contribution in [0.1, 0.15) is 22.5 Å². The van der Waals surface area contributed by atoms with E-state index in [1.54, 1.807) is 0 Å². The molecule has 1 aromatic rings. The molecule has 25 heavy (non-hydrogen) atoms. The lowest BCUT2D eigenvalue weighted by atomic mass is 9.73. The predicted molar refractivity (Wildman–Crippen MR) is 93.6 cm³/mol. The first kappa shape index (κ1) is 15.9. The Morgan fingerprint density at radius 3 is 3.08 bits per heavy atom. The van der Waals surface area contributed by atoms with E-state index < -0.39 is 0 Å². The molecule has 0 aromatic carbocycles. The Balaban J connectivity index is 1.38. The van der Waals surface area contributed by atoms with Gasteiger partial charge in [0.2, 0.25) is 0 Å². The maximum absolute atomic E-state index is 13.1. The topological polar surface area (TPSA) is 51.2 Å². The van der Waals surface area contributed by atoms with Crippen LogP contribution in [0.5, 0.6) is 11.5 Å². The Hall–Kier alpha value is -1.31. The molecule has 0 unspecified atom stereocenters. The quantitative estimate of drug-likeness (QED) is 0.817. The molecule has 0 aliphatic carbocycles. The monoisotopic (exact) mass is 364 g/mol. The molecule has 0 N–H and O–H groups in total. The molecule has 3 fully saturated rings. The molecule has 0 saturated carbocycles. The van der Waals surface area contributed by atoms with Crippen molar-refractivity contribution in [1.29, 1.82) is 0 Å². The zero-order valence-electron chi connectivity index (χ0n) is 14.7. The van der Waals surface area contributed by atoms with Gasteiger partial charge in [-0.15, -0.1) is 11.3 Å². The van der Waals surface area contributed by atoms with Gasteiger partial charge in [-0.3, -0.25) is 4.79 Å². The SMILES string of the molecule is CN(C)C[C@H]1[C@H]2CN(C(=O)c3scc4c3OCCO4)C[C@]23CC[C@H]1O3. The van der Waals surface area contributed by atoms with Crippen LogP contribution >= 0.6 is 11.3 Å². The minimum Gasteiger partial charge on any atom is -0.485 e. The highest BCUT2D eigenvalue weighted by atomic mass is 32.1. The van der Waals surface area contributed by atoms with Crippen LogP contribution in [-0.4, -0.2) is 74.4 Å². The Bertz CT molecular complexity index is 705. The van der Waals surface area contributed by atoms with Gasteiger partial charge in [0, 0.05) is 30.3 Å². The summed E-state index contributed by atoms with van der Waals surface area (Å²) in [4.78, 5) is 18.0. The van der Waals surface area contributed by atoms with Crippen LogP contribution in [0.15, 0.2) is 5.38 Å². The lowest BCUT2D eigenvalue weighted by Crippen LogP contribution is -2.40. The summed E-state index contributed by atoms with van der Waals surface area (Å²) in [6.45, 7) is 3.59. The fourth-order valence-corrected chi connectivity index (χ4v) is 6.06. The molecule has 4 aliphatic heterocycles. The lowest BCUT2D eigenvalue weighted by Gasteiger charge is -2.30. The maximum atomic E-state index is 13.1. The van der Waals surface area contributed by atoms with E-state index in [0.29, 0.717) is 54.1 Å². The number of thiophene rings is 1. The van der Waals surface area contributed by atoms with Gasteiger partial charge in [0.15, 0.2) is 11.5 Å². The van der Waals surface area contributed by atoms with Gasteiger partial charge >= 0.3 is 0 Å². The molecule has 136 valence electrons. The van der Waals surface area contributed by atoms with Crippen LogP contribution in [0.2, 0.25) is 0 Å². The van der Waals surface area contributed by atoms with Crippen molar-refractivity contribution in [1.82, 2.24) is 9.80 Å². The van der Waals surface area contributed by atoms with Crippen LogP contribution in [0, 0.1) is 11.8 Å². The minimum atomic E-state index is -0.115. The largest absolute Gasteiger partial charge is 0.485 e. The van der Waals surface area contributed by atoms with Gasteiger partial charge in [-0.1, -0.05) is 0 Å². The fraction of sp³-hybridized carbons (Fsp3) is 0.722. The Morgan fingerprint density at radius 2 is 2.24 bits per heavy atom. The van der Waals surface area contributed by atoms with E-state index >= 15 is 0 Å². The van der Waals surface area contributed by atoms with Crippen molar-refractivity contribution in [2.45, 2.75) is 24.5 Å². The summed E-state index contributed by atoms with van der Waals surface area (Å²) in [5.41, 5.74) is -0.115. The molecular formula is C18H24N2O4S. The Labute approximate surface area is 151 Å². The zero-order valence-corrected chi connectivity index (χ0v) is 15.5. The third-order valence-electron chi connectivity index (χ3n) is 6.14. The molecule has 3 saturated heterocycles. The van der Waals surface area contributed by atoms with Gasteiger partial charge in [-0.25, -0.2) is 0 Å². The molecule has 4 aliphatic rings. The Kier molecular flexibility index (Phi) is 3.56. The predicted octanol–water partition coefficient (Wildman–Crippen LogP) is 1.70. The number of carbonyl (C=O) groups is 1. The number of hydrogen-bond acceptors (Lipinski definition) is 6. The molecule has 7 heteroatoms. The van der Waals surface area contributed by atoms with E-state index in [1.807, 2.05) is 10.3 Å². The number of likely N-dealkylation sites (tertiary alicyclic amines) is 1. The third-order valence-corrected chi connectivity index (χ3v) is 7.07.